The summed E-state index contributed by atoms with van der Waals surface area (Å²) in [6.07, 6.45) is 3.80. The lowest BCUT2D eigenvalue weighted by Crippen LogP contribution is -2.20. The van der Waals surface area contributed by atoms with Gasteiger partial charge in [0, 0.05) is 16.8 Å². The van der Waals surface area contributed by atoms with E-state index in [1.54, 1.807) is 30.3 Å². The average molecular weight is 344 g/mol. The van der Waals surface area contributed by atoms with Crippen molar-refractivity contribution in [2.45, 2.75) is 13.3 Å². The number of rotatable bonds is 6. The number of nitrogens with one attached hydrogen (secondary N) is 1. The number of carbonyl (C=O) groups excluding carboxylic acids is 2. The molecule has 0 saturated heterocycles. The molecule has 0 saturated carbocycles. The molecule has 2 aromatic rings. The smallest absolute Gasteiger partial charge is 0.331 e. The van der Waals surface area contributed by atoms with Crippen LogP contribution in [0.15, 0.2) is 54.6 Å². The predicted molar refractivity (Wildman–Crippen MR) is 95.9 cm³/mol. The predicted octanol–water partition coefficient (Wildman–Crippen LogP) is 4.10. The van der Waals surface area contributed by atoms with E-state index in [0.29, 0.717) is 10.7 Å². The van der Waals surface area contributed by atoms with Gasteiger partial charge in [-0.2, -0.15) is 0 Å². The van der Waals surface area contributed by atoms with Gasteiger partial charge in [0.2, 0.25) is 0 Å². The quantitative estimate of drug-likeness (QED) is 0.634. The maximum atomic E-state index is 11.8. The molecule has 0 atom stereocenters. The summed E-state index contributed by atoms with van der Waals surface area (Å²) in [5, 5.41) is 3.30. The van der Waals surface area contributed by atoms with Crippen molar-refractivity contribution < 1.29 is 14.3 Å². The van der Waals surface area contributed by atoms with Crippen LogP contribution >= 0.6 is 11.6 Å². The minimum absolute atomic E-state index is 0.334. The van der Waals surface area contributed by atoms with Crippen molar-refractivity contribution in [3.63, 3.8) is 0 Å². The zero-order valence-corrected chi connectivity index (χ0v) is 14.0. The molecule has 4 nitrogen and oxygen atoms in total. The van der Waals surface area contributed by atoms with Gasteiger partial charge in [-0.25, -0.2) is 4.79 Å². The van der Waals surface area contributed by atoms with Crippen molar-refractivity contribution in [2.24, 2.45) is 0 Å². The van der Waals surface area contributed by atoms with Crippen LogP contribution in [0.4, 0.5) is 5.69 Å². The van der Waals surface area contributed by atoms with Crippen LogP contribution in [0.3, 0.4) is 0 Å². The second kappa shape index (κ2) is 8.89. The van der Waals surface area contributed by atoms with Crippen molar-refractivity contribution >= 4 is 35.2 Å². The summed E-state index contributed by atoms with van der Waals surface area (Å²) >= 11 is 5.78. The number of hydrogen-bond acceptors (Lipinski definition) is 3. The third kappa shape index (κ3) is 5.89. The number of ether oxygens (including phenoxy) is 1. The molecule has 0 aliphatic carbocycles. The Bertz CT molecular complexity index is 721. The van der Waals surface area contributed by atoms with Gasteiger partial charge in [0.25, 0.3) is 5.91 Å². The van der Waals surface area contributed by atoms with Gasteiger partial charge in [-0.1, -0.05) is 42.8 Å². The first-order chi connectivity index (χ1) is 11.6. The number of aryl methyl sites for hydroxylation is 1. The fraction of sp³-hybridized carbons (Fsp3) is 0.158. The average Bonchev–Trinajstić information content (AvgIpc) is 2.60. The lowest BCUT2D eigenvalue weighted by atomic mass is 10.1. The highest BCUT2D eigenvalue weighted by Gasteiger charge is 2.05. The van der Waals surface area contributed by atoms with Gasteiger partial charge in [0.15, 0.2) is 6.61 Å². The van der Waals surface area contributed by atoms with Crippen molar-refractivity contribution in [3.05, 3.63) is 70.8 Å². The molecule has 5 heteroatoms. The summed E-state index contributed by atoms with van der Waals surface area (Å²) in [5.74, 6) is -0.964. The van der Waals surface area contributed by atoms with Crippen LogP contribution in [0.5, 0.6) is 0 Å². The number of hydrogen-bond donors (Lipinski definition) is 1. The number of benzene rings is 2. The van der Waals surface area contributed by atoms with Gasteiger partial charge < -0.3 is 10.1 Å². The van der Waals surface area contributed by atoms with Crippen molar-refractivity contribution in [3.8, 4) is 0 Å². The van der Waals surface area contributed by atoms with E-state index in [1.807, 2.05) is 24.3 Å². The summed E-state index contributed by atoms with van der Waals surface area (Å²) in [7, 11) is 0. The molecule has 2 aromatic carbocycles. The van der Waals surface area contributed by atoms with Crippen molar-refractivity contribution in [1.82, 2.24) is 0 Å². The Morgan fingerprint density at radius 1 is 1.08 bits per heavy atom. The van der Waals surface area contributed by atoms with Crippen LogP contribution < -0.4 is 5.32 Å². The van der Waals surface area contributed by atoms with Gasteiger partial charge in [-0.15, -0.1) is 0 Å². The number of carbonyl (C=O) groups is 2. The molecule has 2 rings (SSSR count). The number of halogens is 1. The lowest BCUT2D eigenvalue weighted by molar-refractivity contribution is -0.142. The number of amides is 1. The van der Waals surface area contributed by atoms with Crippen LogP contribution in [0.25, 0.3) is 6.08 Å². The van der Waals surface area contributed by atoms with Crippen molar-refractivity contribution in [2.75, 3.05) is 11.9 Å². The Morgan fingerprint density at radius 2 is 1.75 bits per heavy atom. The molecule has 0 unspecified atom stereocenters. The first kappa shape index (κ1) is 17.8. The van der Waals surface area contributed by atoms with E-state index in [1.165, 1.54) is 11.6 Å². The summed E-state index contributed by atoms with van der Waals surface area (Å²) in [6.45, 7) is 1.73. The molecule has 0 aliphatic heterocycles. The van der Waals surface area contributed by atoms with Crippen molar-refractivity contribution in [1.29, 1.82) is 0 Å². The molecule has 1 N–H and O–H groups in total. The number of esters is 1. The van der Waals surface area contributed by atoms with E-state index >= 15 is 0 Å². The zero-order chi connectivity index (χ0) is 17.4. The monoisotopic (exact) mass is 343 g/mol. The third-order valence-electron chi connectivity index (χ3n) is 3.27. The second-order valence-corrected chi connectivity index (χ2v) is 5.53. The maximum absolute atomic E-state index is 11.8. The molecule has 0 radical (unpaired) electrons. The van der Waals surface area contributed by atoms with Gasteiger partial charge in [0.1, 0.15) is 0 Å². The van der Waals surface area contributed by atoms with E-state index in [-0.39, 0.29) is 12.5 Å². The molecule has 0 bridgehead atoms. The Balaban J connectivity index is 1.78. The van der Waals surface area contributed by atoms with Crippen LogP contribution in [0.1, 0.15) is 18.1 Å². The van der Waals surface area contributed by atoms with E-state index in [9.17, 15) is 9.59 Å². The third-order valence-corrected chi connectivity index (χ3v) is 3.53. The minimum Gasteiger partial charge on any atom is -0.452 e. The van der Waals surface area contributed by atoms with Gasteiger partial charge in [0.05, 0.1) is 0 Å². The van der Waals surface area contributed by atoms with Gasteiger partial charge in [-0.05, 0) is 47.9 Å². The summed E-state index contributed by atoms with van der Waals surface area (Å²) < 4.78 is 4.90. The van der Waals surface area contributed by atoms with E-state index in [0.717, 1.165) is 12.0 Å². The summed E-state index contributed by atoms with van der Waals surface area (Å²) in [6, 6.07) is 14.5. The van der Waals surface area contributed by atoms with Gasteiger partial charge >= 0.3 is 5.97 Å². The van der Waals surface area contributed by atoms with Crippen LogP contribution in [-0.4, -0.2) is 18.5 Å². The minimum atomic E-state index is -0.582. The normalized spacial score (nSPS) is 10.6. The highest BCUT2D eigenvalue weighted by Crippen LogP contribution is 2.11. The van der Waals surface area contributed by atoms with Crippen LogP contribution in [0, 0.1) is 0 Å². The molecule has 124 valence electrons. The van der Waals surface area contributed by atoms with Crippen LogP contribution in [0.2, 0.25) is 5.02 Å². The van der Waals surface area contributed by atoms with E-state index in [2.05, 4.69) is 12.2 Å². The topological polar surface area (TPSA) is 55.4 Å². The molecule has 1 amide bonds. The van der Waals surface area contributed by atoms with E-state index in [4.69, 9.17) is 16.3 Å². The SMILES string of the molecule is CCc1ccc(NC(=O)COC(=O)/C=C/c2ccc(Cl)cc2)cc1. The second-order valence-electron chi connectivity index (χ2n) is 5.09. The lowest BCUT2D eigenvalue weighted by Gasteiger charge is -2.06. The maximum Gasteiger partial charge on any atom is 0.331 e. The fourth-order valence-corrected chi connectivity index (χ4v) is 2.07. The fourth-order valence-electron chi connectivity index (χ4n) is 1.94. The zero-order valence-electron chi connectivity index (χ0n) is 13.3. The Labute approximate surface area is 146 Å². The molecule has 24 heavy (non-hydrogen) atoms. The Hall–Kier alpha value is -2.59. The Morgan fingerprint density at radius 3 is 2.38 bits per heavy atom. The Kier molecular flexibility index (Phi) is 6.58. The highest BCUT2D eigenvalue weighted by molar-refractivity contribution is 6.30. The molecule has 0 aromatic heterocycles. The van der Waals surface area contributed by atoms with Gasteiger partial charge in [-0.3, -0.25) is 4.79 Å². The molecular formula is C19H18ClNO3. The molecule has 0 spiro atoms. The molecular weight excluding hydrogens is 326 g/mol. The van der Waals surface area contributed by atoms with Crippen LogP contribution in [-0.2, 0) is 20.7 Å². The molecule has 0 heterocycles. The van der Waals surface area contributed by atoms with E-state index < -0.39 is 5.97 Å². The standard InChI is InChI=1S/C19H18ClNO3/c1-2-14-5-10-17(11-6-14)21-18(22)13-24-19(23)12-7-15-3-8-16(20)9-4-15/h3-12H,2,13H2,1H3,(H,21,22)/b12-7+. The first-order valence-corrected chi connectivity index (χ1v) is 7.94. The molecule has 0 fully saturated rings. The first-order valence-electron chi connectivity index (χ1n) is 7.56. The highest BCUT2D eigenvalue weighted by atomic mass is 35.5. The largest absolute Gasteiger partial charge is 0.452 e. The summed E-state index contributed by atoms with van der Waals surface area (Å²) in [4.78, 5) is 23.4. The molecule has 0 aliphatic rings. The summed E-state index contributed by atoms with van der Waals surface area (Å²) in [5.41, 5.74) is 2.67. The number of anilines is 1.